The molecule has 0 N–H and O–H groups in total. The normalized spacial score (nSPS) is 14.0. The van der Waals surface area contributed by atoms with Gasteiger partial charge in [-0.2, -0.15) is 0 Å². The summed E-state index contributed by atoms with van der Waals surface area (Å²) in [6.07, 6.45) is 0. The Hall–Kier alpha value is -8.40. The molecule has 2 aliphatic rings. The maximum absolute atomic E-state index is 6.98. The monoisotopic (exact) mass is 884 g/mol. The van der Waals surface area contributed by atoms with E-state index in [-0.39, 0.29) is 10.8 Å². The van der Waals surface area contributed by atoms with Crippen LogP contribution in [-0.4, -0.2) is 4.57 Å². The summed E-state index contributed by atoms with van der Waals surface area (Å²) in [6, 6.07) is 80.6. The third-order valence-corrected chi connectivity index (χ3v) is 15.6. The minimum Gasteiger partial charge on any atom is -0.456 e. The average Bonchev–Trinajstić information content (AvgIpc) is 4.07. The first-order chi connectivity index (χ1) is 33.8. The van der Waals surface area contributed by atoms with Gasteiger partial charge < -0.3 is 13.9 Å². The van der Waals surface area contributed by atoms with Crippen LogP contribution >= 0.6 is 0 Å². The lowest BCUT2D eigenvalue weighted by Crippen LogP contribution is -2.18. The largest absolute Gasteiger partial charge is 0.456 e. The molecule has 0 saturated carbocycles. The van der Waals surface area contributed by atoms with Gasteiger partial charge in [0.2, 0.25) is 0 Å². The molecule has 14 rings (SSSR count). The van der Waals surface area contributed by atoms with Crippen LogP contribution in [-0.2, 0) is 10.8 Å². The molecule has 2 aliphatic carbocycles. The van der Waals surface area contributed by atoms with E-state index in [1.165, 1.54) is 66.3 Å². The Balaban J connectivity index is 1.06. The summed E-state index contributed by atoms with van der Waals surface area (Å²) < 4.78 is 9.36. The van der Waals surface area contributed by atoms with Crippen molar-refractivity contribution in [1.82, 2.24) is 4.57 Å². The van der Waals surface area contributed by atoms with Gasteiger partial charge in [-0.3, -0.25) is 0 Å². The van der Waals surface area contributed by atoms with E-state index in [0.717, 1.165) is 66.9 Å². The van der Waals surface area contributed by atoms with Crippen molar-refractivity contribution in [2.75, 3.05) is 4.90 Å². The van der Waals surface area contributed by atoms with Gasteiger partial charge in [-0.15, -0.1) is 0 Å². The predicted octanol–water partition coefficient (Wildman–Crippen LogP) is 18.1. The van der Waals surface area contributed by atoms with Gasteiger partial charge in [0.25, 0.3) is 0 Å². The number of nitrogens with zero attached hydrogens (tertiary/aromatic N) is 2. The number of anilines is 3. The number of hydrogen-bond donors (Lipinski definition) is 0. The molecule has 2 aromatic heterocycles. The van der Waals surface area contributed by atoms with Crippen LogP contribution in [0.15, 0.2) is 223 Å². The van der Waals surface area contributed by atoms with Crippen molar-refractivity contribution in [3.8, 4) is 50.2 Å². The Labute approximate surface area is 402 Å². The Morgan fingerprint density at radius 2 is 0.986 bits per heavy atom. The number of para-hydroxylation sites is 2. The van der Waals surface area contributed by atoms with Gasteiger partial charge in [-0.05, 0) is 128 Å². The summed E-state index contributed by atoms with van der Waals surface area (Å²) in [5, 5.41) is 4.62. The second-order valence-corrected chi connectivity index (χ2v) is 20.0. The summed E-state index contributed by atoms with van der Waals surface area (Å²) >= 11 is 0. The lowest BCUT2D eigenvalue weighted by Gasteiger charge is -2.32. The molecule has 69 heavy (non-hydrogen) atoms. The van der Waals surface area contributed by atoms with Gasteiger partial charge >= 0.3 is 0 Å². The maximum atomic E-state index is 6.98. The maximum Gasteiger partial charge on any atom is 0.137 e. The van der Waals surface area contributed by atoms with Crippen LogP contribution in [0.4, 0.5) is 17.1 Å². The molecule has 12 aromatic rings. The number of furan rings is 1. The molecule has 328 valence electrons. The number of rotatable bonds is 6. The van der Waals surface area contributed by atoms with E-state index >= 15 is 0 Å². The molecule has 0 spiro atoms. The number of fused-ring (bicyclic) bond motifs is 12. The van der Waals surface area contributed by atoms with Crippen LogP contribution in [0.5, 0.6) is 0 Å². The molecule has 0 unspecified atom stereocenters. The van der Waals surface area contributed by atoms with Gasteiger partial charge in [0.1, 0.15) is 11.2 Å². The van der Waals surface area contributed by atoms with E-state index in [2.05, 4.69) is 256 Å². The predicted molar refractivity (Wildman–Crippen MR) is 289 cm³/mol. The molecule has 0 saturated heterocycles. The zero-order valence-electron chi connectivity index (χ0n) is 39.1. The van der Waals surface area contributed by atoms with Gasteiger partial charge in [0.15, 0.2) is 0 Å². The molecule has 0 bridgehead atoms. The molecule has 0 amide bonds. The number of aromatic nitrogens is 1. The Bertz CT molecular complexity index is 4070. The topological polar surface area (TPSA) is 21.3 Å². The minimum absolute atomic E-state index is 0.185. The highest BCUT2D eigenvalue weighted by atomic mass is 16.3. The van der Waals surface area contributed by atoms with Crippen molar-refractivity contribution in [3.63, 3.8) is 0 Å². The van der Waals surface area contributed by atoms with Crippen LogP contribution in [0, 0.1) is 0 Å². The summed E-state index contributed by atoms with van der Waals surface area (Å²) in [5.74, 6) is 0. The molecule has 2 heterocycles. The first-order valence-electron chi connectivity index (χ1n) is 24.2. The standard InChI is InChI=1S/C66H48N2O/c1-65(2)54-26-15-12-24-50(54)62-55(65)27-17-29-59(62)68(45-32-33-48-47-22-11-14-25-53(47)66(3,4)56(48)40-45)64-46(41-18-7-5-8-19-41)34-37-61-63(64)52-39-43(31-36-60(52)69-61)42-30-35-58-51(38-42)49-23-13-16-28-57(49)67(58)44-20-9-6-10-21-44/h5-40H,1-4H3. The molecule has 3 nitrogen and oxygen atoms in total. The highest BCUT2D eigenvalue weighted by Crippen LogP contribution is 2.58. The lowest BCUT2D eigenvalue weighted by molar-refractivity contribution is 0.660. The third-order valence-electron chi connectivity index (χ3n) is 15.6. The SMILES string of the molecule is CC1(C)c2ccccc2-c2ccc(N(c3cccc4c3-c3ccccc3C4(C)C)c3c(-c4ccccc4)ccc4oc5ccc(-c6ccc7c(c6)c6ccccc6n7-c6ccccc6)cc5c34)cc21. The Morgan fingerprint density at radius 3 is 1.80 bits per heavy atom. The van der Waals surface area contributed by atoms with Gasteiger partial charge in [0.05, 0.1) is 27.8 Å². The van der Waals surface area contributed by atoms with Crippen molar-refractivity contribution < 1.29 is 4.42 Å². The van der Waals surface area contributed by atoms with Crippen LogP contribution < -0.4 is 4.90 Å². The van der Waals surface area contributed by atoms with E-state index in [1.807, 2.05) is 0 Å². The summed E-state index contributed by atoms with van der Waals surface area (Å²) in [5.41, 5.74) is 23.3. The summed E-state index contributed by atoms with van der Waals surface area (Å²) in [7, 11) is 0. The van der Waals surface area contributed by atoms with Crippen LogP contribution in [0.2, 0.25) is 0 Å². The van der Waals surface area contributed by atoms with E-state index < -0.39 is 0 Å². The van der Waals surface area contributed by atoms with Crippen LogP contribution in [0.25, 0.3) is 93.9 Å². The van der Waals surface area contributed by atoms with Crippen molar-refractivity contribution in [2.24, 2.45) is 0 Å². The van der Waals surface area contributed by atoms with Gasteiger partial charge in [-0.25, -0.2) is 0 Å². The highest BCUT2D eigenvalue weighted by Gasteiger charge is 2.40. The van der Waals surface area contributed by atoms with E-state index in [1.54, 1.807) is 0 Å². The first-order valence-corrected chi connectivity index (χ1v) is 24.2. The smallest absolute Gasteiger partial charge is 0.137 e. The summed E-state index contributed by atoms with van der Waals surface area (Å²) in [4.78, 5) is 2.58. The molecular formula is C66H48N2O. The molecule has 0 fully saturated rings. The van der Waals surface area contributed by atoms with E-state index in [4.69, 9.17) is 4.42 Å². The van der Waals surface area contributed by atoms with Crippen molar-refractivity contribution in [3.05, 3.63) is 241 Å². The molecule has 10 aromatic carbocycles. The van der Waals surface area contributed by atoms with Crippen molar-refractivity contribution >= 4 is 60.8 Å². The van der Waals surface area contributed by atoms with Gasteiger partial charge in [0, 0.05) is 49.5 Å². The fourth-order valence-corrected chi connectivity index (χ4v) is 12.3. The van der Waals surface area contributed by atoms with Crippen LogP contribution in [0.1, 0.15) is 49.9 Å². The van der Waals surface area contributed by atoms with Crippen molar-refractivity contribution in [2.45, 2.75) is 38.5 Å². The van der Waals surface area contributed by atoms with E-state index in [0.29, 0.717) is 0 Å². The number of hydrogen-bond acceptors (Lipinski definition) is 2. The Kier molecular flexibility index (Phi) is 8.38. The Morgan fingerprint density at radius 1 is 0.391 bits per heavy atom. The second kappa shape index (κ2) is 14.6. The molecule has 0 atom stereocenters. The zero-order chi connectivity index (χ0) is 46.2. The minimum atomic E-state index is -0.194. The first kappa shape index (κ1) is 39.7. The lowest BCUT2D eigenvalue weighted by atomic mass is 9.82. The fourth-order valence-electron chi connectivity index (χ4n) is 12.3. The summed E-state index contributed by atoms with van der Waals surface area (Å²) in [6.45, 7) is 9.50. The fraction of sp³-hybridized carbons (Fsp3) is 0.0909. The molecule has 0 aliphatic heterocycles. The number of benzene rings is 10. The van der Waals surface area contributed by atoms with Crippen LogP contribution in [0.3, 0.4) is 0 Å². The average molecular weight is 885 g/mol. The quantitative estimate of drug-likeness (QED) is 0.166. The zero-order valence-corrected chi connectivity index (χ0v) is 39.1. The van der Waals surface area contributed by atoms with Crippen molar-refractivity contribution in [1.29, 1.82) is 0 Å². The molecule has 3 heteroatoms. The molecular weight excluding hydrogens is 837 g/mol. The van der Waals surface area contributed by atoms with Gasteiger partial charge in [-0.1, -0.05) is 173 Å². The molecule has 0 radical (unpaired) electrons. The second-order valence-electron chi connectivity index (χ2n) is 20.0. The highest BCUT2D eigenvalue weighted by molar-refractivity contribution is 6.19. The third kappa shape index (κ3) is 5.68. The van der Waals surface area contributed by atoms with E-state index in [9.17, 15) is 0 Å².